The lowest BCUT2D eigenvalue weighted by molar-refractivity contribution is -0.146. The number of aliphatic hydroxyl groups excluding tert-OH is 1. The highest BCUT2D eigenvalue weighted by Gasteiger charge is 2.28. The largest absolute Gasteiger partial charge is 0.481 e. The molecule has 0 aliphatic heterocycles. The molecule has 1 rings (SSSR count). The maximum Gasteiger partial charge on any atom is 0.309 e. The number of aryl methyl sites for hydroxylation is 1. The summed E-state index contributed by atoms with van der Waals surface area (Å²) < 4.78 is 0. The predicted octanol–water partition coefficient (Wildman–Crippen LogP) is 2.31. The van der Waals surface area contributed by atoms with E-state index in [1.807, 2.05) is 13.8 Å². The Labute approximate surface area is 101 Å². The molecule has 94 valence electrons. The van der Waals surface area contributed by atoms with E-state index in [4.69, 9.17) is 5.11 Å². The van der Waals surface area contributed by atoms with Crippen LogP contribution in [0.15, 0.2) is 18.5 Å². The van der Waals surface area contributed by atoms with Gasteiger partial charge in [0.25, 0.3) is 0 Å². The number of rotatable bonds is 6. The average Bonchev–Trinajstić information content (AvgIpc) is 2.29. The molecule has 2 atom stereocenters. The number of aromatic nitrogens is 1. The van der Waals surface area contributed by atoms with Gasteiger partial charge in [-0.15, -0.1) is 0 Å². The molecule has 0 aromatic carbocycles. The summed E-state index contributed by atoms with van der Waals surface area (Å²) >= 11 is 0. The highest BCUT2D eigenvalue weighted by molar-refractivity contribution is 5.71. The molecule has 0 amide bonds. The second-order valence-corrected chi connectivity index (χ2v) is 4.26. The third kappa shape index (κ3) is 3.53. The van der Waals surface area contributed by atoms with Crippen LogP contribution in [0.5, 0.6) is 0 Å². The summed E-state index contributed by atoms with van der Waals surface area (Å²) in [5.41, 5.74) is 1.48. The smallest absolute Gasteiger partial charge is 0.309 e. The summed E-state index contributed by atoms with van der Waals surface area (Å²) in [4.78, 5) is 15.1. The van der Waals surface area contributed by atoms with Gasteiger partial charge in [-0.25, -0.2) is 0 Å². The van der Waals surface area contributed by atoms with Gasteiger partial charge in [0.1, 0.15) is 0 Å². The maximum absolute atomic E-state index is 11.2. The van der Waals surface area contributed by atoms with Crippen LogP contribution < -0.4 is 0 Å². The molecular weight excluding hydrogens is 218 g/mol. The van der Waals surface area contributed by atoms with Crippen molar-refractivity contribution < 1.29 is 15.0 Å². The van der Waals surface area contributed by atoms with Gasteiger partial charge >= 0.3 is 5.97 Å². The molecule has 0 radical (unpaired) electrons. The molecule has 2 N–H and O–H groups in total. The van der Waals surface area contributed by atoms with Crippen LogP contribution in [0.4, 0.5) is 0 Å². The number of aliphatic carboxylic acids is 1. The lowest BCUT2D eigenvalue weighted by atomic mass is 9.90. The maximum atomic E-state index is 11.2. The lowest BCUT2D eigenvalue weighted by Gasteiger charge is -2.20. The van der Waals surface area contributed by atoms with Gasteiger partial charge in [0.15, 0.2) is 0 Å². The zero-order valence-electron chi connectivity index (χ0n) is 10.3. The van der Waals surface area contributed by atoms with Gasteiger partial charge in [-0.2, -0.15) is 0 Å². The van der Waals surface area contributed by atoms with Crippen LogP contribution in [0.3, 0.4) is 0 Å². The fourth-order valence-corrected chi connectivity index (χ4v) is 1.84. The Bertz CT molecular complexity index is 379. The van der Waals surface area contributed by atoms with Crippen molar-refractivity contribution in [2.45, 2.75) is 39.2 Å². The molecule has 0 aliphatic rings. The number of pyridine rings is 1. The van der Waals surface area contributed by atoms with Crippen LogP contribution in [0.25, 0.3) is 0 Å². The van der Waals surface area contributed by atoms with Crippen molar-refractivity contribution in [3.63, 3.8) is 0 Å². The van der Waals surface area contributed by atoms with Crippen LogP contribution >= 0.6 is 0 Å². The van der Waals surface area contributed by atoms with Crippen LogP contribution in [0.2, 0.25) is 0 Å². The van der Waals surface area contributed by atoms with Crippen molar-refractivity contribution in [3.05, 3.63) is 29.6 Å². The summed E-state index contributed by atoms with van der Waals surface area (Å²) in [6.07, 6.45) is 4.40. The number of hydrogen-bond donors (Lipinski definition) is 2. The second-order valence-electron chi connectivity index (χ2n) is 4.26. The van der Waals surface area contributed by atoms with E-state index in [2.05, 4.69) is 4.98 Å². The molecule has 17 heavy (non-hydrogen) atoms. The normalized spacial score (nSPS) is 14.3. The summed E-state index contributed by atoms with van der Waals surface area (Å²) in [6, 6.07) is 1.78. The molecule has 1 heterocycles. The Hall–Kier alpha value is -1.42. The first-order valence-corrected chi connectivity index (χ1v) is 5.89. The Morgan fingerprint density at radius 3 is 2.76 bits per heavy atom. The van der Waals surface area contributed by atoms with Gasteiger partial charge in [0.05, 0.1) is 12.0 Å². The first-order valence-electron chi connectivity index (χ1n) is 5.89. The summed E-state index contributed by atoms with van der Waals surface area (Å²) in [5, 5.41) is 19.3. The molecule has 0 aliphatic carbocycles. The minimum Gasteiger partial charge on any atom is -0.481 e. The third-order valence-corrected chi connectivity index (χ3v) is 2.97. The van der Waals surface area contributed by atoms with Gasteiger partial charge in [-0.1, -0.05) is 19.8 Å². The van der Waals surface area contributed by atoms with Gasteiger partial charge in [-0.3, -0.25) is 9.78 Å². The first-order chi connectivity index (χ1) is 8.07. The zero-order chi connectivity index (χ0) is 12.8. The molecule has 4 heteroatoms. The summed E-state index contributed by atoms with van der Waals surface area (Å²) in [6.45, 7) is 3.85. The van der Waals surface area contributed by atoms with E-state index in [1.54, 1.807) is 18.5 Å². The Morgan fingerprint density at radius 1 is 1.53 bits per heavy atom. The van der Waals surface area contributed by atoms with Crippen LogP contribution in [-0.2, 0) is 4.79 Å². The molecule has 0 saturated carbocycles. The van der Waals surface area contributed by atoms with Gasteiger partial charge in [0.2, 0.25) is 0 Å². The van der Waals surface area contributed by atoms with E-state index in [0.29, 0.717) is 12.0 Å². The molecule has 0 fully saturated rings. The van der Waals surface area contributed by atoms with Crippen LogP contribution in [-0.4, -0.2) is 21.2 Å². The molecular formula is C13H19NO3. The number of carboxylic acid groups (broad SMARTS) is 1. The molecule has 2 unspecified atom stereocenters. The van der Waals surface area contributed by atoms with Crippen molar-refractivity contribution in [1.82, 2.24) is 4.98 Å². The third-order valence-electron chi connectivity index (χ3n) is 2.97. The van der Waals surface area contributed by atoms with Crippen LogP contribution in [0, 0.1) is 12.8 Å². The topological polar surface area (TPSA) is 70.4 Å². The van der Waals surface area contributed by atoms with E-state index in [1.165, 1.54) is 0 Å². The Morgan fingerprint density at radius 2 is 2.24 bits per heavy atom. The van der Waals surface area contributed by atoms with Crippen molar-refractivity contribution in [1.29, 1.82) is 0 Å². The van der Waals surface area contributed by atoms with E-state index >= 15 is 0 Å². The molecule has 4 nitrogen and oxygen atoms in total. The highest BCUT2D eigenvalue weighted by Crippen LogP contribution is 2.28. The fourth-order valence-electron chi connectivity index (χ4n) is 1.84. The fraction of sp³-hybridized carbons (Fsp3) is 0.538. The van der Waals surface area contributed by atoms with Crippen molar-refractivity contribution in [2.24, 2.45) is 5.92 Å². The molecule has 0 spiro atoms. The van der Waals surface area contributed by atoms with Crippen LogP contribution in [0.1, 0.15) is 43.4 Å². The number of carbonyl (C=O) groups is 1. The van der Waals surface area contributed by atoms with Gasteiger partial charge in [-0.05, 0) is 25.0 Å². The van der Waals surface area contributed by atoms with Gasteiger partial charge in [0, 0.05) is 18.0 Å². The zero-order valence-corrected chi connectivity index (χ0v) is 10.3. The van der Waals surface area contributed by atoms with Crippen molar-refractivity contribution in [3.8, 4) is 0 Å². The second kappa shape index (κ2) is 6.35. The van der Waals surface area contributed by atoms with E-state index in [9.17, 15) is 9.90 Å². The summed E-state index contributed by atoms with van der Waals surface area (Å²) in [5.74, 6) is -1.70. The molecule has 1 aromatic heterocycles. The minimum absolute atomic E-state index is 0.487. The highest BCUT2D eigenvalue weighted by atomic mass is 16.4. The number of nitrogens with zero attached hydrogens (tertiary/aromatic N) is 1. The standard InChI is InChI=1S/C13H19NO3/c1-3-4-5-10(13(16)17)12(15)11-8-14-7-6-9(11)2/h6-8,10,12,15H,3-5H2,1-2H3,(H,16,17). The predicted molar refractivity (Wildman–Crippen MR) is 64.6 cm³/mol. The van der Waals surface area contributed by atoms with Crippen molar-refractivity contribution in [2.75, 3.05) is 0 Å². The summed E-state index contributed by atoms with van der Waals surface area (Å²) in [7, 11) is 0. The lowest BCUT2D eigenvalue weighted by Crippen LogP contribution is -2.22. The molecule has 1 aromatic rings. The number of hydrogen-bond acceptors (Lipinski definition) is 3. The quantitative estimate of drug-likeness (QED) is 0.796. The molecule has 0 saturated heterocycles. The van der Waals surface area contributed by atoms with E-state index in [0.717, 1.165) is 18.4 Å². The van der Waals surface area contributed by atoms with Gasteiger partial charge < -0.3 is 10.2 Å². The SMILES string of the molecule is CCCCC(C(=O)O)C(O)c1cnccc1C. The number of unbranched alkanes of at least 4 members (excludes halogenated alkanes) is 1. The Kier molecular flexibility index (Phi) is 5.10. The molecule has 0 bridgehead atoms. The minimum atomic E-state index is -0.979. The van der Waals surface area contributed by atoms with Crippen molar-refractivity contribution >= 4 is 5.97 Å². The monoisotopic (exact) mass is 237 g/mol. The number of aliphatic hydroxyl groups is 1. The first kappa shape index (κ1) is 13.6. The van der Waals surface area contributed by atoms with E-state index < -0.39 is 18.0 Å². The average molecular weight is 237 g/mol. The number of carboxylic acids is 1. The van der Waals surface area contributed by atoms with E-state index in [-0.39, 0.29) is 0 Å². The Balaban J connectivity index is 2.88.